The van der Waals surface area contributed by atoms with Gasteiger partial charge in [0.15, 0.2) is 0 Å². The van der Waals surface area contributed by atoms with E-state index in [1.807, 2.05) is 18.2 Å². The summed E-state index contributed by atoms with van der Waals surface area (Å²) in [7, 11) is 0. The Morgan fingerprint density at radius 2 is 1.86 bits per heavy atom. The molecule has 1 amide bonds. The van der Waals surface area contributed by atoms with Crippen LogP contribution in [0.2, 0.25) is 10.0 Å². The summed E-state index contributed by atoms with van der Waals surface area (Å²) in [6.45, 7) is 0.0837. The van der Waals surface area contributed by atoms with Crippen molar-refractivity contribution in [3.63, 3.8) is 0 Å². The Bertz CT molecular complexity index is 930. The number of hydrogen-bond acceptors (Lipinski definition) is 2. The van der Waals surface area contributed by atoms with Crippen molar-refractivity contribution in [3.8, 4) is 0 Å². The first-order valence-corrected chi connectivity index (χ1v) is 10.1. The molecule has 4 rings (SSSR count). The molecule has 1 aliphatic heterocycles. The van der Waals surface area contributed by atoms with Crippen molar-refractivity contribution in [2.75, 3.05) is 18.0 Å². The predicted molar refractivity (Wildman–Crippen MR) is 108 cm³/mol. The summed E-state index contributed by atoms with van der Waals surface area (Å²) in [5.41, 5.74) is 0.930. The standard InChI is InChI=1S/C21H19Cl2F3N2O/c22-15-8-14(9-16(23)10-15)20(21(24,25)26)5-6-28(11-20)17-2-3-18-13(7-17)1-4-19(18)27-12-29/h2-3,7-10,12,19H,1,4-6,11H2,(H,27,29). The van der Waals surface area contributed by atoms with Crippen LogP contribution in [-0.2, 0) is 16.6 Å². The zero-order valence-corrected chi connectivity index (χ0v) is 16.9. The molecule has 1 heterocycles. The fourth-order valence-corrected chi connectivity index (χ4v) is 5.07. The van der Waals surface area contributed by atoms with Gasteiger partial charge in [-0.25, -0.2) is 0 Å². The van der Waals surface area contributed by atoms with Crippen LogP contribution in [0.3, 0.4) is 0 Å². The number of amides is 1. The number of halogens is 5. The molecule has 2 aromatic carbocycles. The second-order valence-corrected chi connectivity index (χ2v) is 8.54. The normalized spacial score (nSPS) is 23.9. The SMILES string of the molecule is O=CNC1CCc2cc(N3CCC(c4cc(Cl)cc(Cl)c4)(C(F)(F)F)C3)ccc21. The van der Waals surface area contributed by atoms with Gasteiger partial charge in [-0.2, -0.15) is 13.2 Å². The second kappa shape index (κ2) is 7.40. The lowest BCUT2D eigenvalue weighted by Gasteiger charge is -2.33. The third-order valence-corrected chi connectivity index (χ3v) is 6.50. The van der Waals surface area contributed by atoms with Gasteiger partial charge in [-0.1, -0.05) is 29.3 Å². The highest BCUT2D eigenvalue weighted by Crippen LogP contribution is 2.49. The largest absolute Gasteiger partial charge is 0.400 e. The molecule has 2 aromatic rings. The maximum absolute atomic E-state index is 14.3. The van der Waals surface area contributed by atoms with Gasteiger partial charge in [-0.15, -0.1) is 0 Å². The van der Waals surface area contributed by atoms with Crippen molar-refractivity contribution in [1.29, 1.82) is 0 Å². The van der Waals surface area contributed by atoms with Gasteiger partial charge in [-0.3, -0.25) is 4.79 Å². The third-order valence-electron chi connectivity index (χ3n) is 6.07. The van der Waals surface area contributed by atoms with E-state index in [1.54, 1.807) is 4.90 Å². The van der Waals surface area contributed by atoms with Crippen LogP contribution in [0.1, 0.15) is 35.6 Å². The first kappa shape index (κ1) is 20.4. The minimum atomic E-state index is -4.44. The summed E-state index contributed by atoms with van der Waals surface area (Å²) >= 11 is 12.0. The Morgan fingerprint density at radius 3 is 2.52 bits per heavy atom. The number of rotatable bonds is 4. The molecule has 8 heteroatoms. The molecule has 0 aromatic heterocycles. The maximum atomic E-state index is 14.3. The van der Waals surface area contributed by atoms with Crippen molar-refractivity contribution in [2.24, 2.45) is 0 Å². The summed E-state index contributed by atoms with van der Waals surface area (Å²) in [5, 5.41) is 3.18. The Morgan fingerprint density at radius 1 is 1.14 bits per heavy atom. The van der Waals surface area contributed by atoms with E-state index in [2.05, 4.69) is 5.32 Å². The number of carbonyl (C=O) groups is 1. The Balaban J connectivity index is 1.66. The minimum Gasteiger partial charge on any atom is -0.370 e. The first-order valence-electron chi connectivity index (χ1n) is 9.34. The van der Waals surface area contributed by atoms with Crippen molar-refractivity contribution in [2.45, 2.75) is 36.9 Å². The van der Waals surface area contributed by atoms with Crippen LogP contribution in [0.5, 0.6) is 0 Å². The molecule has 2 aliphatic rings. The highest BCUT2D eigenvalue weighted by Gasteiger charge is 2.59. The molecule has 2 unspecified atom stereocenters. The molecule has 1 aliphatic carbocycles. The van der Waals surface area contributed by atoms with Crippen LogP contribution >= 0.6 is 23.2 Å². The Kier molecular flexibility index (Phi) is 5.20. The number of nitrogens with one attached hydrogen (secondary N) is 1. The molecular weight excluding hydrogens is 424 g/mol. The topological polar surface area (TPSA) is 32.3 Å². The number of alkyl halides is 3. The predicted octanol–water partition coefficient (Wildman–Crippen LogP) is 5.44. The van der Waals surface area contributed by atoms with Gasteiger partial charge in [0.25, 0.3) is 0 Å². The van der Waals surface area contributed by atoms with Crippen LogP contribution in [0.4, 0.5) is 18.9 Å². The van der Waals surface area contributed by atoms with E-state index in [0.717, 1.165) is 29.7 Å². The number of fused-ring (bicyclic) bond motifs is 1. The Labute approximate surface area is 176 Å². The van der Waals surface area contributed by atoms with Crippen molar-refractivity contribution >= 4 is 35.3 Å². The number of anilines is 1. The first-order chi connectivity index (χ1) is 13.7. The van der Waals surface area contributed by atoms with Gasteiger partial charge in [-0.05, 0) is 66.3 Å². The second-order valence-electron chi connectivity index (χ2n) is 7.67. The zero-order valence-electron chi connectivity index (χ0n) is 15.4. The van der Waals surface area contributed by atoms with Gasteiger partial charge in [0, 0.05) is 28.8 Å². The fraction of sp³-hybridized carbons (Fsp3) is 0.381. The summed E-state index contributed by atoms with van der Waals surface area (Å²) in [6.07, 6.45) is -2.24. The Hall–Kier alpha value is -1.92. The molecule has 1 saturated heterocycles. The summed E-state index contributed by atoms with van der Waals surface area (Å²) < 4.78 is 42.8. The van der Waals surface area contributed by atoms with Crippen molar-refractivity contribution in [3.05, 3.63) is 63.1 Å². The monoisotopic (exact) mass is 442 g/mol. The quantitative estimate of drug-likeness (QED) is 0.639. The lowest BCUT2D eigenvalue weighted by molar-refractivity contribution is -0.184. The molecule has 154 valence electrons. The molecule has 29 heavy (non-hydrogen) atoms. The summed E-state index contributed by atoms with van der Waals surface area (Å²) in [4.78, 5) is 12.5. The molecule has 1 fully saturated rings. The molecule has 3 nitrogen and oxygen atoms in total. The average molecular weight is 443 g/mol. The highest BCUT2D eigenvalue weighted by molar-refractivity contribution is 6.34. The number of nitrogens with zero attached hydrogens (tertiary/aromatic N) is 1. The summed E-state index contributed by atoms with van der Waals surface area (Å²) in [6, 6.07) is 9.82. The van der Waals surface area contributed by atoms with Gasteiger partial charge in [0.05, 0.1) is 6.04 Å². The molecule has 2 atom stereocenters. The minimum absolute atomic E-state index is 0.0296. The smallest absolute Gasteiger partial charge is 0.370 e. The van der Waals surface area contributed by atoms with Crippen LogP contribution in [0.15, 0.2) is 36.4 Å². The molecule has 0 bridgehead atoms. The zero-order chi connectivity index (χ0) is 20.8. The van der Waals surface area contributed by atoms with Crippen LogP contribution in [-0.4, -0.2) is 25.7 Å². The van der Waals surface area contributed by atoms with Gasteiger partial charge in [0.2, 0.25) is 6.41 Å². The molecule has 0 saturated carbocycles. The van der Waals surface area contributed by atoms with E-state index in [-0.39, 0.29) is 41.2 Å². The van der Waals surface area contributed by atoms with Crippen LogP contribution in [0, 0.1) is 0 Å². The van der Waals surface area contributed by atoms with E-state index < -0.39 is 11.6 Å². The van der Waals surface area contributed by atoms with E-state index >= 15 is 0 Å². The fourth-order valence-electron chi connectivity index (χ4n) is 4.55. The van der Waals surface area contributed by atoms with E-state index in [0.29, 0.717) is 6.41 Å². The molecule has 1 N–H and O–H groups in total. The van der Waals surface area contributed by atoms with Crippen LogP contribution in [0.25, 0.3) is 0 Å². The number of benzene rings is 2. The van der Waals surface area contributed by atoms with Gasteiger partial charge < -0.3 is 10.2 Å². The average Bonchev–Trinajstić information content (AvgIpc) is 3.26. The van der Waals surface area contributed by atoms with Gasteiger partial charge in [0.1, 0.15) is 5.41 Å². The van der Waals surface area contributed by atoms with E-state index in [9.17, 15) is 18.0 Å². The summed E-state index contributed by atoms with van der Waals surface area (Å²) in [5.74, 6) is 0. The third kappa shape index (κ3) is 3.57. The van der Waals surface area contributed by atoms with Crippen molar-refractivity contribution in [1.82, 2.24) is 5.32 Å². The number of aryl methyl sites for hydroxylation is 1. The number of carbonyl (C=O) groups excluding carboxylic acids is 1. The highest BCUT2D eigenvalue weighted by atomic mass is 35.5. The maximum Gasteiger partial charge on any atom is 0.400 e. The number of hydrogen-bond donors (Lipinski definition) is 1. The van der Waals surface area contributed by atoms with E-state index in [1.165, 1.54) is 18.2 Å². The van der Waals surface area contributed by atoms with Crippen LogP contribution < -0.4 is 10.2 Å². The van der Waals surface area contributed by atoms with Gasteiger partial charge >= 0.3 is 6.18 Å². The van der Waals surface area contributed by atoms with Crippen molar-refractivity contribution < 1.29 is 18.0 Å². The lowest BCUT2D eigenvalue weighted by Crippen LogP contribution is -2.44. The molecular formula is C21H19Cl2F3N2O. The molecule has 0 spiro atoms. The lowest BCUT2D eigenvalue weighted by atomic mass is 9.79. The molecule has 0 radical (unpaired) electrons. The van der Waals surface area contributed by atoms with E-state index in [4.69, 9.17) is 23.2 Å².